The Morgan fingerprint density at radius 1 is 1.07 bits per heavy atom. The van der Waals surface area contributed by atoms with Crippen molar-refractivity contribution in [2.75, 3.05) is 21.3 Å². The van der Waals surface area contributed by atoms with Crippen LogP contribution in [-0.4, -0.2) is 33.7 Å². The Hall–Kier alpha value is -2.62. The van der Waals surface area contributed by atoms with Crippen LogP contribution < -0.4 is 14.8 Å². The zero-order valence-electron chi connectivity index (χ0n) is 16.5. The summed E-state index contributed by atoms with van der Waals surface area (Å²) in [5.41, 5.74) is 0.371. The van der Waals surface area contributed by atoms with Crippen LogP contribution in [0.2, 0.25) is 0 Å². The highest BCUT2D eigenvalue weighted by Crippen LogP contribution is 2.39. The van der Waals surface area contributed by atoms with Gasteiger partial charge in [-0.15, -0.1) is 12.4 Å². The van der Waals surface area contributed by atoms with Crippen molar-refractivity contribution in [3.8, 4) is 22.8 Å². The minimum Gasteiger partial charge on any atom is -0.497 e. The fourth-order valence-corrected chi connectivity index (χ4v) is 4.48. The van der Waals surface area contributed by atoms with Crippen LogP contribution in [0.1, 0.15) is 5.56 Å². The van der Waals surface area contributed by atoms with E-state index in [4.69, 9.17) is 9.47 Å². The van der Waals surface area contributed by atoms with E-state index in [1.807, 2.05) is 0 Å². The van der Waals surface area contributed by atoms with E-state index in [1.165, 1.54) is 38.6 Å². The molecule has 3 rings (SSSR count). The van der Waals surface area contributed by atoms with Crippen molar-refractivity contribution in [3.63, 3.8) is 0 Å². The Morgan fingerprint density at radius 2 is 1.80 bits per heavy atom. The van der Waals surface area contributed by atoms with Crippen molar-refractivity contribution >= 4 is 22.4 Å². The standard InChI is InChI=1S/C20H20F2N2O4S.ClH/c1-23-11-13-12-24(29(25,26)16-6-4-5-15(10-16)27-2)19(20(13)28-3)17-8-7-14(21)9-18(17)22;/h4-10,12,23H,11H2,1-3H3;1H. The van der Waals surface area contributed by atoms with Crippen LogP contribution in [0.3, 0.4) is 0 Å². The molecule has 3 aromatic rings. The van der Waals surface area contributed by atoms with E-state index in [0.29, 0.717) is 17.4 Å². The zero-order chi connectivity index (χ0) is 21.2. The number of benzene rings is 2. The average molecular weight is 459 g/mol. The summed E-state index contributed by atoms with van der Waals surface area (Å²) in [6.45, 7) is 0.277. The minimum atomic E-state index is -4.14. The second kappa shape index (κ2) is 9.46. The van der Waals surface area contributed by atoms with E-state index < -0.39 is 21.7 Å². The minimum absolute atomic E-state index is 0. The highest BCUT2D eigenvalue weighted by atomic mass is 35.5. The molecule has 0 radical (unpaired) electrons. The van der Waals surface area contributed by atoms with Crippen LogP contribution in [0.15, 0.2) is 53.6 Å². The quantitative estimate of drug-likeness (QED) is 0.582. The second-order valence-electron chi connectivity index (χ2n) is 6.17. The molecule has 0 unspecified atom stereocenters. The van der Waals surface area contributed by atoms with Gasteiger partial charge in [0.1, 0.15) is 28.8 Å². The number of aromatic nitrogens is 1. The van der Waals surface area contributed by atoms with E-state index in [2.05, 4.69) is 5.32 Å². The van der Waals surface area contributed by atoms with Crippen LogP contribution >= 0.6 is 12.4 Å². The van der Waals surface area contributed by atoms with Crippen LogP contribution in [0, 0.1) is 11.6 Å². The number of nitrogens with zero attached hydrogens (tertiary/aromatic N) is 1. The highest BCUT2D eigenvalue weighted by Gasteiger charge is 2.28. The van der Waals surface area contributed by atoms with Crippen molar-refractivity contribution < 1.29 is 26.7 Å². The molecule has 30 heavy (non-hydrogen) atoms. The number of methoxy groups -OCH3 is 2. The zero-order valence-corrected chi connectivity index (χ0v) is 18.1. The first-order valence-electron chi connectivity index (χ1n) is 8.61. The van der Waals surface area contributed by atoms with Crippen LogP contribution in [0.25, 0.3) is 11.3 Å². The first-order chi connectivity index (χ1) is 13.8. The molecule has 1 N–H and O–H groups in total. The second-order valence-corrected chi connectivity index (χ2v) is 7.99. The van der Waals surface area contributed by atoms with Gasteiger partial charge in [-0.3, -0.25) is 0 Å². The van der Waals surface area contributed by atoms with Gasteiger partial charge in [0.25, 0.3) is 10.0 Å². The third-order valence-corrected chi connectivity index (χ3v) is 6.01. The molecule has 0 fully saturated rings. The summed E-state index contributed by atoms with van der Waals surface area (Å²) in [7, 11) is 0.336. The van der Waals surface area contributed by atoms with Gasteiger partial charge >= 0.3 is 0 Å². The molecule has 0 bridgehead atoms. The van der Waals surface area contributed by atoms with Crippen LogP contribution in [-0.2, 0) is 16.6 Å². The van der Waals surface area contributed by atoms with E-state index in [-0.39, 0.29) is 40.9 Å². The van der Waals surface area contributed by atoms with Crippen LogP contribution in [0.5, 0.6) is 11.5 Å². The number of ether oxygens (including phenoxy) is 2. The lowest BCUT2D eigenvalue weighted by Gasteiger charge is -2.13. The van der Waals surface area contributed by atoms with Crippen LogP contribution in [0.4, 0.5) is 8.78 Å². The molecule has 162 valence electrons. The van der Waals surface area contributed by atoms with Gasteiger partial charge in [-0.1, -0.05) is 6.07 Å². The number of nitrogens with one attached hydrogen (secondary N) is 1. The molecule has 0 aliphatic carbocycles. The molecule has 0 saturated carbocycles. The fraction of sp³-hybridized carbons (Fsp3) is 0.200. The third kappa shape index (κ3) is 4.28. The molecule has 6 nitrogen and oxygen atoms in total. The van der Waals surface area contributed by atoms with Crippen molar-refractivity contribution in [2.24, 2.45) is 0 Å². The molecule has 2 aromatic carbocycles. The van der Waals surface area contributed by atoms with Gasteiger partial charge < -0.3 is 14.8 Å². The Kier molecular flexibility index (Phi) is 7.46. The average Bonchev–Trinajstić information content (AvgIpc) is 3.07. The normalized spacial score (nSPS) is 11.1. The highest BCUT2D eigenvalue weighted by molar-refractivity contribution is 7.90. The Morgan fingerprint density at radius 3 is 2.40 bits per heavy atom. The topological polar surface area (TPSA) is 69.6 Å². The number of hydrogen-bond acceptors (Lipinski definition) is 5. The molecule has 0 spiro atoms. The molecule has 0 saturated heterocycles. The summed E-state index contributed by atoms with van der Waals surface area (Å²) in [5.74, 6) is -1.14. The van der Waals surface area contributed by atoms with Crippen molar-refractivity contribution in [3.05, 3.63) is 65.9 Å². The molecular formula is C20H21ClF2N2O4S. The maximum absolute atomic E-state index is 14.6. The van der Waals surface area contributed by atoms with E-state index in [1.54, 1.807) is 19.2 Å². The maximum Gasteiger partial charge on any atom is 0.268 e. The Bertz CT molecular complexity index is 1150. The number of halogens is 3. The first kappa shape index (κ1) is 23.7. The summed E-state index contributed by atoms with van der Waals surface area (Å²) >= 11 is 0. The molecular weight excluding hydrogens is 438 g/mol. The smallest absolute Gasteiger partial charge is 0.268 e. The van der Waals surface area contributed by atoms with Gasteiger partial charge in [0, 0.05) is 36.0 Å². The lowest BCUT2D eigenvalue weighted by molar-refractivity contribution is 0.411. The van der Waals surface area contributed by atoms with E-state index in [0.717, 1.165) is 10.0 Å². The van der Waals surface area contributed by atoms with Gasteiger partial charge in [-0.2, -0.15) is 0 Å². The molecule has 0 aliphatic heterocycles. The number of rotatable bonds is 7. The molecule has 0 aliphatic rings. The fourth-order valence-electron chi connectivity index (χ4n) is 3.05. The summed E-state index contributed by atoms with van der Waals surface area (Å²) in [6, 6.07) is 8.87. The van der Waals surface area contributed by atoms with Crippen molar-refractivity contribution in [2.45, 2.75) is 11.4 Å². The summed E-state index contributed by atoms with van der Waals surface area (Å²) in [4.78, 5) is -0.0470. The van der Waals surface area contributed by atoms with E-state index >= 15 is 0 Å². The summed E-state index contributed by atoms with van der Waals surface area (Å²) in [5, 5.41) is 2.92. The molecule has 1 heterocycles. The molecule has 0 atom stereocenters. The summed E-state index contributed by atoms with van der Waals surface area (Å²) in [6.07, 6.45) is 1.36. The lowest BCUT2D eigenvalue weighted by atomic mass is 10.1. The van der Waals surface area contributed by atoms with Crippen molar-refractivity contribution in [1.82, 2.24) is 9.29 Å². The monoisotopic (exact) mass is 458 g/mol. The van der Waals surface area contributed by atoms with Crippen molar-refractivity contribution in [1.29, 1.82) is 0 Å². The van der Waals surface area contributed by atoms with Gasteiger partial charge in [0.05, 0.1) is 19.1 Å². The molecule has 0 amide bonds. The van der Waals surface area contributed by atoms with Gasteiger partial charge in [-0.05, 0) is 31.3 Å². The maximum atomic E-state index is 14.6. The van der Waals surface area contributed by atoms with Gasteiger partial charge in [0.15, 0.2) is 0 Å². The number of hydrogen-bond donors (Lipinski definition) is 1. The third-order valence-electron chi connectivity index (χ3n) is 4.36. The SMILES string of the molecule is CNCc1cn(S(=O)(=O)c2cccc(OC)c2)c(-c2ccc(F)cc2F)c1OC.Cl. The predicted octanol–water partition coefficient (Wildman–Crippen LogP) is 3.83. The molecule has 10 heteroatoms. The largest absolute Gasteiger partial charge is 0.497 e. The van der Waals surface area contributed by atoms with Gasteiger partial charge in [0.2, 0.25) is 0 Å². The Balaban J connectivity index is 0.00000320. The first-order valence-corrected chi connectivity index (χ1v) is 10.0. The van der Waals surface area contributed by atoms with Gasteiger partial charge in [-0.25, -0.2) is 21.2 Å². The Labute approximate surface area is 179 Å². The lowest BCUT2D eigenvalue weighted by Crippen LogP contribution is -2.14. The van der Waals surface area contributed by atoms with E-state index in [9.17, 15) is 17.2 Å². The predicted molar refractivity (Wildman–Crippen MR) is 112 cm³/mol. The summed E-state index contributed by atoms with van der Waals surface area (Å²) < 4.78 is 66.3. The molecule has 1 aromatic heterocycles.